The van der Waals surface area contributed by atoms with Crippen LogP contribution in [0.1, 0.15) is 47.3 Å². The van der Waals surface area contributed by atoms with Crippen molar-refractivity contribution >= 4 is 12.1 Å². The maximum absolute atomic E-state index is 12.8. The molecule has 31 heavy (non-hydrogen) atoms. The highest BCUT2D eigenvalue weighted by atomic mass is 16.5. The quantitative estimate of drug-likeness (QED) is 0.622. The van der Waals surface area contributed by atoms with Crippen LogP contribution < -0.4 is 10.3 Å². The summed E-state index contributed by atoms with van der Waals surface area (Å²) in [7, 11) is 0. The second-order valence-electron chi connectivity index (χ2n) is 7.40. The maximum atomic E-state index is 12.8. The molecule has 1 aromatic heterocycles. The number of hydrogen-bond acceptors (Lipinski definition) is 5. The number of carbonyl (C=O) groups excluding carboxylic acids is 1. The van der Waals surface area contributed by atoms with Gasteiger partial charge < -0.3 is 9.64 Å². The van der Waals surface area contributed by atoms with E-state index in [1.54, 1.807) is 4.90 Å². The predicted octanol–water partition coefficient (Wildman–Crippen LogP) is 2.87. The molecule has 1 aliphatic heterocycles. The summed E-state index contributed by atoms with van der Waals surface area (Å²) < 4.78 is 5.40. The number of nitrogens with one attached hydrogen (secondary N) is 1. The minimum absolute atomic E-state index is 0.137. The molecule has 160 valence electrons. The van der Waals surface area contributed by atoms with Gasteiger partial charge in [-0.2, -0.15) is 10.3 Å². The number of benzene rings is 2. The second-order valence-corrected chi connectivity index (χ2v) is 7.40. The smallest absolute Gasteiger partial charge is 0.320 e. The average Bonchev–Trinajstić information content (AvgIpc) is 3.19. The summed E-state index contributed by atoms with van der Waals surface area (Å²) in [6.07, 6.45) is 3.25. The van der Waals surface area contributed by atoms with E-state index in [4.69, 9.17) is 4.74 Å². The van der Waals surface area contributed by atoms with Crippen LogP contribution in [-0.2, 0) is 0 Å². The van der Waals surface area contributed by atoms with Crippen LogP contribution in [0.3, 0.4) is 0 Å². The molecule has 8 heteroatoms. The van der Waals surface area contributed by atoms with Gasteiger partial charge in [0, 0.05) is 13.1 Å². The molecule has 0 bridgehead atoms. The lowest BCUT2D eigenvalue weighted by Gasteiger charge is -2.31. The lowest BCUT2D eigenvalue weighted by Crippen LogP contribution is -2.40. The van der Waals surface area contributed by atoms with E-state index in [1.165, 1.54) is 11.8 Å². The van der Waals surface area contributed by atoms with Gasteiger partial charge >= 0.3 is 5.56 Å². The maximum Gasteiger partial charge on any atom is 0.320 e. The lowest BCUT2D eigenvalue weighted by atomic mass is 9.89. The fourth-order valence-electron chi connectivity index (χ4n) is 3.74. The number of piperidine rings is 1. The first-order chi connectivity index (χ1) is 15.2. The SMILES string of the molecule is CCOc1ccc(C=Nn2[nH]nc(C(=O)N3CCC(c4ccccc4)CC3)c2=O)cc1. The number of ether oxygens (including phenoxy) is 1. The number of aromatic amines is 1. The van der Waals surface area contributed by atoms with E-state index in [-0.39, 0.29) is 11.6 Å². The van der Waals surface area contributed by atoms with Crippen molar-refractivity contribution in [3.63, 3.8) is 0 Å². The van der Waals surface area contributed by atoms with Gasteiger partial charge in [0.1, 0.15) is 5.75 Å². The lowest BCUT2D eigenvalue weighted by molar-refractivity contribution is 0.0705. The summed E-state index contributed by atoms with van der Waals surface area (Å²) in [4.78, 5) is 28.1. The Labute approximate surface area is 180 Å². The van der Waals surface area contributed by atoms with Crippen molar-refractivity contribution in [1.82, 2.24) is 20.0 Å². The zero-order chi connectivity index (χ0) is 21.6. The van der Waals surface area contributed by atoms with Crippen molar-refractivity contribution in [3.05, 3.63) is 81.8 Å². The number of amides is 1. The summed E-state index contributed by atoms with van der Waals surface area (Å²) in [6, 6.07) is 17.6. The van der Waals surface area contributed by atoms with E-state index in [9.17, 15) is 9.59 Å². The average molecular weight is 419 g/mol. The van der Waals surface area contributed by atoms with E-state index < -0.39 is 5.56 Å². The fraction of sp³-hybridized carbons (Fsp3) is 0.304. The third kappa shape index (κ3) is 4.74. The first kappa shape index (κ1) is 20.6. The molecule has 0 spiro atoms. The molecule has 0 aliphatic carbocycles. The van der Waals surface area contributed by atoms with Crippen molar-refractivity contribution in [2.24, 2.45) is 5.10 Å². The molecular formula is C23H25N5O3. The van der Waals surface area contributed by atoms with E-state index in [1.807, 2.05) is 49.4 Å². The Balaban J connectivity index is 1.39. The highest BCUT2D eigenvalue weighted by Gasteiger charge is 2.28. The molecule has 0 radical (unpaired) electrons. The predicted molar refractivity (Wildman–Crippen MR) is 118 cm³/mol. The normalized spacial score (nSPS) is 14.8. The number of hydrogen-bond donors (Lipinski definition) is 1. The summed E-state index contributed by atoms with van der Waals surface area (Å²) >= 11 is 0. The highest BCUT2D eigenvalue weighted by Crippen LogP contribution is 2.28. The van der Waals surface area contributed by atoms with Crippen LogP contribution in [0.5, 0.6) is 5.75 Å². The van der Waals surface area contributed by atoms with Crippen molar-refractivity contribution in [3.8, 4) is 5.75 Å². The van der Waals surface area contributed by atoms with Gasteiger partial charge in [0.05, 0.1) is 12.8 Å². The molecule has 2 aromatic carbocycles. The third-order valence-corrected chi connectivity index (χ3v) is 5.42. The number of nitrogens with zero attached hydrogens (tertiary/aromatic N) is 4. The summed E-state index contributed by atoms with van der Waals surface area (Å²) in [5, 5.41) is 10.5. The number of H-pyrrole nitrogens is 1. The standard InChI is InChI=1S/C23H25N5O3/c1-2-31-20-10-8-17(9-11-20)16-24-28-23(30)21(25-26-28)22(29)27-14-12-19(13-15-27)18-6-4-3-5-7-18/h3-11,16,19,26H,2,12-15H2,1H3. The van der Waals surface area contributed by atoms with Gasteiger partial charge in [-0.25, -0.2) is 0 Å². The molecule has 2 heterocycles. The van der Waals surface area contributed by atoms with Crippen molar-refractivity contribution < 1.29 is 9.53 Å². The largest absolute Gasteiger partial charge is 0.494 e. The van der Waals surface area contributed by atoms with Crippen LogP contribution in [0.25, 0.3) is 0 Å². The number of aromatic nitrogens is 3. The zero-order valence-electron chi connectivity index (χ0n) is 17.4. The Kier molecular flexibility index (Phi) is 6.26. The first-order valence-electron chi connectivity index (χ1n) is 10.4. The molecule has 1 fully saturated rings. The number of rotatable bonds is 6. The molecule has 3 aromatic rings. The van der Waals surface area contributed by atoms with Gasteiger partial charge in [0.2, 0.25) is 5.69 Å². The Morgan fingerprint density at radius 1 is 1.16 bits per heavy atom. The van der Waals surface area contributed by atoms with Gasteiger partial charge in [-0.05, 0) is 61.1 Å². The Hall–Kier alpha value is -3.68. The number of likely N-dealkylation sites (tertiary alicyclic amines) is 1. The molecule has 1 amide bonds. The van der Waals surface area contributed by atoms with Crippen molar-refractivity contribution in [2.45, 2.75) is 25.7 Å². The molecule has 1 saturated heterocycles. The molecule has 0 unspecified atom stereocenters. The van der Waals surface area contributed by atoms with Crippen LogP contribution in [0, 0.1) is 0 Å². The van der Waals surface area contributed by atoms with Crippen molar-refractivity contribution in [1.29, 1.82) is 0 Å². The van der Waals surface area contributed by atoms with E-state index in [0.717, 1.165) is 28.9 Å². The van der Waals surface area contributed by atoms with Gasteiger partial charge in [-0.3, -0.25) is 9.59 Å². The monoisotopic (exact) mass is 419 g/mol. The summed E-state index contributed by atoms with van der Waals surface area (Å²) in [5.41, 5.74) is 1.39. The molecule has 8 nitrogen and oxygen atoms in total. The topological polar surface area (TPSA) is 92.6 Å². The van der Waals surface area contributed by atoms with Crippen LogP contribution in [0.4, 0.5) is 0 Å². The first-order valence-corrected chi connectivity index (χ1v) is 10.4. The fourth-order valence-corrected chi connectivity index (χ4v) is 3.74. The molecule has 0 saturated carbocycles. The minimum atomic E-state index is -0.558. The van der Waals surface area contributed by atoms with Gasteiger partial charge in [0.15, 0.2) is 0 Å². The Bertz CT molecular complexity index is 1090. The molecule has 4 rings (SSSR count). The van der Waals surface area contributed by atoms with Crippen LogP contribution in [0.2, 0.25) is 0 Å². The van der Waals surface area contributed by atoms with Gasteiger partial charge in [0.25, 0.3) is 5.91 Å². The van der Waals surface area contributed by atoms with Gasteiger partial charge in [-0.1, -0.05) is 30.3 Å². The Morgan fingerprint density at radius 2 is 1.87 bits per heavy atom. The summed E-state index contributed by atoms with van der Waals surface area (Å²) in [6.45, 7) is 3.71. The minimum Gasteiger partial charge on any atom is -0.494 e. The molecule has 1 aliphatic rings. The molecular weight excluding hydrogens is 394 g/mol. The van der Waals surface area contributed by atoms with Crippen LogP contribution >= 0.6 is 0 Å². The Morgan fingerprint density at radius 3 is 2.55 bits per heavy atom. The van der Waals surface area contributed by atoms with E-state index in [2.05, 4.69) is 27.5 Å². The highest BCUT2D eigenvalue weighted by molar-refractivity contribution is 5.92. The van der Waals surface area contributed by atoms with E-state index in [0.29, 0.717) is 25.6 Å². The zero-order valence-corrected chi connectivity index (χ0v) is 17.4. The van der Waals surface area contributed by atoms with E-state index >= 15 is 0 Å². The van der Waals surface area contributed by atoms with Crippen LogP contribution in [-0.4, -0.2) is 51.8 Å². The van der Waals surface area contributed by atoms with Gasteiger partial charge in [-0.15, -0.1) is 9.89 Å². The molecule has 0 atom stereocenters. The van der Waals surface area contributed by atoms with Crippen molar-refractivity contribution in [2.75, 3.05) is 19.7 Å². The summed E-state index contributed by atoms with van der Waals surface area (Å²) in [5.74, 6) is 0.838. The van der Waals surface area contributed by atoms with Crippen LogP contribution in [0.15, 0.2) is 64.5 Å². The number of carbonyl (C=O) groups is 1. The third-order valence-electron chi connectivity index (χ3n) is 5.42. The second kappa shape index (κ2) is 9.42. The molecule has 1 N–H and O–H groups in total.